The van der Waals surface area contributed by atoms with Crippen LogP contribution in [0.15, 0.2) is 35.7 Å². The topological polar surface area (TPSA) is 169 Å². The molecule has 0 saturated heterocycles. The number of benzene rings is 1. The lowest BCUT2D eigenvalue weighted by Gasteiger charge is -2.26. The number of carbonyl (C=O) groups excluding carboxylic acids is 3. The molecule has 52 heavy (non-hydrogen) atoms. The van der Waals surface area contributed by atoms with E-state index >= 15 is 0 Å². The van der Waals surface area contributed by atoms with Gasteiger partial charge in [0.05, 0.1) is 29.7 Å². The van der Waals surface area contributed by atoms with Crippen molar-refractivity contribution in [3.63, 3.8) is 0 Å². The third-order valence-electron chi connectivity index (χ3n) is 10.1. The Morgan fingerprint density at radius 2 is 1.96 bits per heavy atom. The fraction of sp³-hybridized carbons (Fsp3) is 0.528. The number of halogens is 1. The normalized spacial score (nSPS) is 23.9. The van der Waals surface area contributed by atoms with Crippen molar-refractivity contribution >= 4 is 61.7 Å². The van der Waals surface area contributed by atoms with Gasteiger partial charge in [0.1, 0.15) is 38.8 Å². The molecule has 0 spiro atoms. The Labute approximate surface area is 312 Å². The molecule has 2 saturated carbocycles. The van der Waals surface area contributed by atoms with Crippen molar-refractivity contribution < 1.29 is 32.3 Å². The molecule has 3 heterocycles. The monoisotopic (exact) mass is 772 g/mol. The van der Waals surface area contributed by atoms with Gasteiger partial charge in [-0.1, -0.05) is 37.6 Å². The van der Waals surface area contributed by atoms with Crippen LogP contribution in [0, 0.1) is 5.92 Å². The van der Waals surface area contributed by atoms with E-state index in [4.69, 9.17) is 31.0 Å². The summed E-state index contributed by atoms with van der Waals surface area (Å²) < 4.78 is 39.1. The number of sulfonamides is 1. The van der Waals surface area contributed by atoms with Crippen molar-refractivity contribution in [2.24, 2.45) is 5.92 Å². The maximum absolute atomic E-state index is 14.0. The Kier molecular flexibility index (Phi) is 10.8. The number of rotatable bonds is 10. The van der Waals surface area contributed by atoms with Crippen molar-refractivity contribution in [1.82, 2.24) is 30.2 Å². The largest absolute Gasteiger partial charge is 0.495 e. The maximum atomic E-state index is 14.0. The highest BCUT2D eigenvalue weighted by Crippen LogP contribution is 2.47. The van der Waals surface area contributed by atoms with Crippen LogP contribution in [-0.2, 0) is 19.6 Å². The van der Waals surface area contributed by atoms with Gasteiger partial charge in [0.25, 0.3) is 5.91 Å². The smallest absolute Gasteiger partial charge is 0.317 e. The first kappa shape index (κ1) is 37.8. The predicted molar refractivity (Wildman–Crippen MR) is 200 cm³/mol. The standard InChI is InChI=1S/C36H45ClN6O7S2/c1-21(2)26-20-51-32(39-26)25-18-28(23-11-12-27(49-5)29(37)30(23)38-25)50-17-13-24-31(44)41-36(33(45)42-52(47,48)35(3)14-15-35)19-22(36)10-8-6-7-9-16-43(4)34(46)40-24/h8,10-12,18,20-22,24H,6-7,9,13-17,19H2,1-5H3,(H,40,46)(H,41,44)(H,42,45)/b10-8-/t22-,24+,36-/m1/s1. The Hall–Kier alpha value is -3.95. The summed E-state index contributed by atoms with van der Waals surface area (Å²) in [6, 6.07) is 3.71. The molecule has 3 aliphatic rings. The van der Waals surface area contributed by atoms with Gasteiger partial charge >= 0.3 is 6.03 Å². The Balaban J connectivity index is 1.27. The quantitative estimate of drug-likeness (QED) is 0.224. The molecule has 3 atom stereocenters. The van der Waals surface area contributed by atoms with E-state index in [9.17, 15) is 22.8 Å². The number of carbonyl (C=O) groups is 3. The number of aromatic nitrogens is 2. The maximum Gasteiger partial charge on any atom is 0.317 e. The Morgan fingerprint density at radius 3 is 2.65 bits per heavy atom. The van der Waals surface area contributed by atoms with Gasteiger partial charge in [-0.25, -0.2) is 23.2 Å². The zero-order chi connectivity index (χ0) is 37.4. The van der Waals surface area contributed by atoms with Crippen molar-refractivity contribution in [3.8, 4) is 22.2 Å². The van der Waals surface area contributed by atoms with Crippen LogP contribution in [0.4, 0.5) is 4.79 Å². The molecule has 13 nitrogen and oxygen atoms in total. The number of methoxy groups -OCH3 is 1. The fourth-order valence-corrected chi connectivity index (χ4v) is 8.66. The number of fused-ring (bicyclic) bond motifs is 2. The summed E-state index contributed by atoms with van der Waals surface area (Å²) in [5, 5.41) is 9.25. The molecule has 2 aromatic heterocycles. The zero-order valence-electron chi connectivity index (χ0n) is 30.0. The van der Waals surface area contributed by atoms with Gasteiger partial charge in [0.15, 0.2) is 0 Å². The van der Waals surface area contributed by atoms with Gasteiger partial charge in [-0.15, -0.1) is 11.3 Å². The van der Waals surface area contributed by atoms with E-state index in [0.29, 0.717) is 57.5 Å². The summed E-state index contributed by atoms with van der Waals surface area (Å²) in [6.07, 6.45) is 7.26. The van der Waals surface area contributed by atoms with Gasteiger partial charge in [-0.05, 0) is 63.5 Å². The number of nitrogens with zero attached hydrogens (tertiary/aromatic N) is 3. The van der Waals surface area contributed by atoms with Crippen molar-refractivity contribution in [1.29, 1.82) is 0 Å². The van der Waals surface area contributed by atoms with Crippen LogP contribution in [-0.4, -0.2) is 84.8 Å². The van der Waals surface area contributed by atoms with Crippen LogP contribution in [0.2, 0.25) is 5.02 Å². The minimum Gasteiger partial charge on any atom is -0.495 e. The summed E-state index contributed by atoms with van der Waals surface area (Å²) in [6.45, 7) is 6.19. The minimum atomic E-state index is -3.95. The van der Waals surface area contributed by atoms with E-state index < -0.39 is 50.1 Å². The molecule has 0 radical (unpaired) electrons. The summed E-state index contributed by atoms with van der Waals surface area (Å²) in [5.74, 6) is -0.691. The first-order valence-corrected chi connectivity index (χ1v) is 20.2. The van der Waals surface area contributed by atoms with Crippen LogP contribution < -0.4 is 24.8 Å². The summed E-state index contributed by atoms with van der Waals surface area (Å²) >= 11 is 8.18. The van der Waals surface area contributed by atoms with Gasteiger partial charge in [-0.3, -0.25) is 14.3 Å². The number of thiazole rings is 1. The van der Waals surface area contributed by atoms with Crippen LogP contribution in [0.1, 0.15) is 77.3 Å². The van der Waals surface area contributed by atoms with Crippen molar-refractivity contribution in [2.45, 2.75) is 88.0 Å². The second-order valence-electron chi connectivity index (χ2n) is 14.4. The SMILES string of the molecule is COc1ccc2c(OCC[C@@H]3NC(=O)N(C)CCCC/C=C\[C@@H]4C[C@@]4(C(=O)NS(=O)(=O)C4(C)CC4)NC3=O)cc(-c3nc(C(C)C)cs3)nc2c1Cl. The number of hydrogen-bond acceptors (Lipinski definition) is 10. The van der Waals surface area contributed by atoms with Gasteiger partial charge in [0.2, 0.25) is 15.9 Å². The lowest BCUT2D eigenvalue weighted by Crippen LogP contribution is -2.58. The number of allylic oxidation sites excluding steroid dienone is 1. The molecule has 1 aromatic carbocycles. The number of ether oxygens (including phenoxy) is 2. The summed E-state index contributed by atoms with van der Waals surface area (Å²) in [7, 11) is -0.772. The molecule has 280 valence electrons. The summed E-state index contributed by atoms with van der Waals surface area (Å²) in [4.78, 5) is 52.1. The molecular weight excluding hydrogens is 728 g/mol. The van der Waals surface area contributed by atoms with Gasteiger partial charge in [0, 0.05) is 42.8 Å². The van der Waals surface area contributed by atoms with E-state index in [2.05, 4.69) is 29.2 Å². The average molecular weight is 773 g/mol. The van der Waals surface area contributed by atoms with Gasteiger partial charge < -0.3 is 25.0 Å². The molecular formula is C36H45ClN6O7S2. The van der Waals surface area contributed by atoms with E-state index in [1.54, 1.807) is 32.2 Å². The van der Waals surface area contributed by atoms with E-state index in [0.717, 1.165) is 25.0 Å². The fourth-order valence-electron chi connectivity index (χ4n) is 6.12. The van der Waals surface area contributed by atoms with Crippen molar-refractivity contribution in [3.05, 3.63) is 46.4 Å². The lowest BCUT2D eigenvalue weighted by molar-refractivity contribution is -0.130. The third kappa shape index (κ3) is 7.72. The second-order valence-corrected chi connectivity index (χ2v) is 17.8. The number of amides is 4. The van der Waals surface area contributed by atoms with E-state index in [1.807, 2.05) is 17.5 Å². The molecule has 2 fully saturated rings. The molecule has 3 N–H and O–H groups in total. The van der Waals surface area contributed by atoms with E-state index in [1.165, 1.54) is 23.3 Å². The molecule has 4 amide bonds. The van der Waals surface area contributed by atoms with Gasteiger partial charge in [-0.2, -0.15) is 0 Å². The highest BCUT2D eigenvalue weighted by Gasteiger charge is 2.62. The van der Waals surface area contributed by atoms with E-state index in [-0.39, 0.29) is 25.4 Å². The number of urea groups is 1. The van der Waals surface area contributed by atoms with Crippen LogP contribution in [0.3, 0.4) is 0 Å². The molecule has 6 rings (SSSR count). The Bertz CT molecular complexity index is 2010. The number of nitrogens with one attached hydrogen (secondary N) is 3. The number of hydrogen-bond donors (Lipinski definition) is 3. The predicted octanol–water partition coefficient (Wildman–Crippen LogP) is 5.54. The average Bonchev–Trinajstić information content (AvgIpc) is 3.96. The lowest BCUT2D eigenvalue weighted by atomic mass is 10.1. The van der Waals surface area contributed by atoms with Crippen LogP contribution >= 0.6 is 22.9 Å². The molecule has 16 heteroatoms. The zero-order valence-corrected chi connectivity index (χ0v) is 32.3. The molecule has 3 aromatic rings. The summed E-state index contributed by atoms with van der Waals surface area (Å²) in [5.41, 5.74) is 0.466. The molecule has 2 aliphatic carbocycles. The van der Waals surface area contributed by atoms with Crippen molar-refractivity contribution in [2.75, 3.05) is 27.3 Å². The van der Waals surface area contributed by atoms with Crippen LogP contribution in [0.25, 0.3) is 21.6 Å². The molecule has 0 unspecified atom stereocenters. The number of pyridine rings is 1. The first-order valence-electron chi connectivity index (χ1n) is 17.5. The van der Waals surface area contributed by atoms with Crippen LogP contribution in [0.5, 0.6) is 11.5 Å². The second kappa shape index (κ2) is 14.8. The minimum absolute atomic E-state index is 0.0192. The molecule has 1 aliphatic heterocycles. The first-order chi connectivity index (χ1) is 24.7. The highest BCUT2D eigenvalue weighted by atomic mass is 35.5. The Morgan fingerprint density at radius 1 is 1.19 bits per heavy atom. The highest BCUT2D eigenvalue weighted by molar-refractivity contribution is 7.91. The third-order valence-corrected chi connectivity index (χ3v) is 13.5. The molecule has 0 bridgehead atoms.